The van der Waals surface area contributed by atoms with Crippen LogP contribution in [0.4, 0.5) is 0 Å². The van der Waals surface area contributed by atoms with Crippen molar-refractivity contribution < 1.29 is 0 Å². The van der Waals surface area contributed by atoms with E-state index in [-0.39, 0.29) is 0 Å². The van der Waals surface area contributed by atoms with Gasteiger partial charge in [0.05, 0.1) is 5.69 Å². The molecule has 0 aromatic carbocycles. The van der Waals surface area contributed by atoms with E-state index in [0.717, 1.165) is 18.8 Å². The average Bonchev–Trinajstić information content (AvgIpc) is 2.80. The van der Waals surface area contributed by atoms with Crippen molar-refractivity contribution in [3.63, 3.8) is 0 Å². The summed E-state index contributed by atoms with van der Waals surface area (Å²) < 4.78 is 1.79. The molecule has 0 unspecified atom stereocenters. The largest absolute Gasteiger partial charge is 0.311 e. The van der Waals surface area contributed by atoms with Crippen LogP contribution in [0.3, 0.4) is 0 Å². The smallest absolute Gasteiger partial charge is 0.235 e. The van der Waals surface area contributed by atoms with Gasteiger partial charge in [-0.25, -0.2) is 15.0 Å². The summed E-state index contributed by atoms with van der Waals surface area (Å²) >= 11 is 0. The number of rotatable bonds is 4. The van der Waals surface area contributed by atoms with Gasteiger partial charge in [-0.15, -0.1) is 0 Å². The van der Waals surface area contributed by atoms with Gasteiger partial charge in [-0.3, -0.25) is 4.57 Å². The summed E-state index contributed by atoms with van der Waals surface area (Å²) in [6.07, 6.45) is 6.98. The Bertz CT molecular complexity index is 410. The minimum Gasteiger partial charge on any atom is -0.311 e. The zero-order chi connectivity index (χ0) is 10.5. The van der Waals surface area contributed by atoms with Crippen LogP contribution >= 0.6 is 0 Å². The van der Waals surface area contributed by atoms with Gasteiger partial charge in [0, 0.05) is 25.1 Å². The zero-order valence-electron chi connectivity index (χ0n) is 8.59. The van der Waals surface area contributed by atoms with Crippen molar-refractivity contribution in [2.75, 3.05) is 6.54 Å². The Balaban J connectivity index is 2.19. The molecule has 1 N–H and O–H groups in total. The van der Waals surface area contributed by atoms with Gasteiger partial charge in [0.15, 0.2) is 0 Å². The number of hydrogen-bond acceptors (Lipinski definition) is 4. The quantitative estimate of drug-likeness (QED) is 0.797. The van der Waals surface area contributed by atoms with E-state index in [0.29, 0.717) is 5.95 Å². The Kier molecular flexibility index (Phi) is 3.04. The second-order valence-electron chi connectivity index (χ2n) is 3.10. The van der Waals surface area contributed by atoms with Gasteiger partial charge in [0.1, 0.15) is 6.33 Å². The van der Waals surface area contributed by atoms with Crippen LogP contribution in [-0.2, 0) is 6.54 Å². The van der Waals surface area contributed by atoms with Crippen molar-refractivity contribution in [3.8, 4) is 5.95 Å². The molecule has 78 valence electrons. The Hall–Kier alpha value is -1.75. The van der Waals surface area contributed by atoms with Crippen LogP contribution in [0.1, 0.15) is 12.6 Å². The fraction of sp³-hybridized carbons (Fsp3) is 0.300. The minimum atomic E-state index is 0.655. The highest BCUT2D eigenvalue weighted by Gasteiger charge is 2.00. The van der Waals surface area contributed by atoms with Crippen molar-refractivity contribution in [2.24, 2.45) is 0 Å². The molecule has 0 atom stereocenters. The monoisotopic (exact) mass is 203 g/mol. The first kappa shape index (κ1) is 9.79. The molecular weight excluding hydrogens is 190 g/mol. The van der Waals surface area contributed by atoms with E-state index in [9.17, 15) is 0 Å². The molecule has 0 bridgehead atoms. The van der Waals surface area contributed by atoms with E-state index >= 15 is 0 Å². The number of imidazole rings is 1. The lowest BCUT2D eigenvalue weighted by Gasteiger charge is -2.03. The van der Waals surface area contributed by atoms with Crippen molar-refractivity contribution in [1.29, 1.82) is 0 Å². The minimum absolute atomic E-state index is 0.655. The van der Waals surface area contributed by atoms with Gasteiger partial charge >= 0.3 is 0 Å². The third kappa shape index (κ3) is 2.38. The second kappa shape index (κ2) is 4.65. The fourth-order valence-electron chi connectivity index (χ4n) is 1.24. The first-order valence-corrected chi connectivity index (χ1v) is 4.91. The predicted molar refractivity (Wildman–Crippen MR) is 56.5 cm³/mol. The first-order chi connectivity index (χ1) is 7.40. The summed E-state index contributed by atoms with van der Waals surface area (Å²) in [5.74, 6) is 0.655. The molecule has 0 saturated carbocycles. The number of nitrogens with one attached hydrogen (secondary N) is 1. The van der Waals surface area contributed by atoms with Crippen LogP contribution in [0.25, 0.3) is 5.95 Å². The Morgan fingerprint density at radius 2 is 2.33 bits per heavy atom. The molecule has 5 heteroatoms. The van der Waals surface area contributed by atoms with Crippen LogP contribution in [0.5, 0.6) is 0 Å². The molecule has 0 saturated heterocycles. The molecule has 0 fully saturated rings. The molecule has 5 nitrogen and oxygen atoms in total. The van der Waals surface area contributed by atoms with Crippen molar-refractivity contribution in [1.82, 2.24) is 24.8 Å². The SMILES string of the molecule is CCNCc1ccnc(-n2ccnc2)n1. The van der Waals surface area contributed by atoms with Gasteiger partial charge in [0.25, 0.3) is 0 Å². The maximum Gasteiger partial charge on any atom is 0.235 e. The van der Waals surface area contributed by atoms with Crippen LogP contribution in [0.2, 0.25) is 0 Å². The lowest BCUT2D eigenvalue weighted by molar-refractivity contribution is 0.703. The third-order valence-electron chi connectivity index (χ3n) is 1.99. The second-order valence-corrected chi connectivity index (χ2v) is 3.10. The van der Waals surface area contributed by atoms with Gasteiger partial charge in [-0.2, -0.15) is 0 Å². The molecule has 0 aliphatic carbocycles. The van der Waals surface area contributed by atoms with Gasteiger partial charge < -0.3 is 5.32 Å². The van der Waals surface area contributed by atoms with Crippen molar-refractivity contribution >= 4 is 0 Å². The highest BCUT2D eigenvalue weighted by atomic mass is 15.2. The standard InChI is InChI=1S/C10H13N5/c1-2-11-7-9-3-4-13-10(14-9)15-6-5-12-8-15/h3-6,8,11H,2,7H2,1H3. The maximum atomic E-state index is 4.40. The molecule has 2 heterocycles. The zero-order valence-corrected chi connectivity index (χ0v) is 8.59. The van der Waals surface area contributed by atoms with E-state index in [1.165, 1.54) is 0 Å². The highest BCUT2D eigenvalue weighted by Crippen LogP contribution is 2.00. The lowest BCUT2D eigenvalue weighted by Crippen LogP contribution is -2.14. The van der Waals surface area contributed by atoms with Gasteiger partial charge in [0.2, 0.25) is 5.95 Å². The van der Waals surface area contributed by atoms with E-state index in [1.807, 2.05) is 12.3 Å². The lowest BCUT2D eigenvalue weighted by atomic mass is 10.4. The fourth-order valence-corrected chi connectivity index (χ4v) is 1.24. The van der Waals surface area contributed by atoms with E-state index in [2.05, 4.69) is 27.2 Å². The van der Waals surface area contributed by atoms with Crippen molar-refractivity contribution in [2.45, 2.75) is 13.5 Å². The molecule has 2 aromatic rings. The van der Waals surface area contributed by atoms with E-state index in [1.54, 1.807) is 23.3 Å². The maximum absolute atomic E-state index is 4.40. The predicted octanol–water partition coefficient (Wildman–Crippen LogP) is 0.772. The number of aromatic nitrogens is 4. The Morgan fingerprint density at radius 3 is 3.07 bits per heavy atom. The number of hydrogen-bond donors (Lipinski definition) is 1. The van der Waals surface area contributed by atoms with Crippen LogP contribution in [0.15, 0.2) is 31.0 Å². The Morgan fingerprint density at radius 1 is 1.40 bits per heavy atom. The van der Waals surface area contributed by atoms with Gasteiger partial charge in [-0.1, -0.05) is 6.92 Å². The third-order valence-corrected chi connectivity index (χ3v) is 1.99. The summed E-state index contributed by atoms with van der Waals surface area (Å²) in [5, 5.41) is 3.22. The molecule has 0 amide bonds. The first-order valence-electron chi connectivity index (χ1n) is 4.91. The van der Waals surface area contributed by atoms with E-state index in [4.69, 9.17) is 0 Å². The molecule has 15 heavy (non-hydrogen) atoms. The normalized spacial score (nSPS) is 10.5. The molecule has 0 radical (unpaired) electrons. The van der Waals surface area contributed by atoms with Crippen LogP contribution in [-0.4, -0.2) is 26.1 Å². The molecular formula is C10H13N5. The van der Waals surface area contributed by atoms with E-state index < -0.39 is 0 Å². The molecule has 0 aliphatic rings. The highest BCUT2D eigenvalue weighted by molar-refractivity contribution is 5.14. The molecule has 0 aliphatic heterocycles. The summed E-state index contributed by atoms with van der Waals surface area (Å²) in [6, 6.07) is 1.91. The number of nitrogens with zero attached hydrogens (tertiary/aromatic N) is 4. The average molecular weight is 203 g/mol. The van der Waals surface area contributed by atoms with Crippen LogP contribution < -0.4 is 5.32 Å². The summed E-state index contributed by atoms with van der Waals surface area (Å²) in [7, 11) is 0. The molecule has 2 rings (SSSR count). The van der Waals surface area contributed by atoms with Crippen molar-refractivity contribution in [3.05, 3.63) is 36.7 Å². The molecule has 0 spiro atoms. The summed E-state index contributed by atoms with van der Waals surface area (Å²) in [5.41, 5.74) is 0.982. The van der Waals surface area contributed by atoms with Crippen LogP contribution in [0, 0.1) is 0 Å². The summed E-state index contributed by atoms with van der Waals surface area (Å²) in [6.45, 7) is 3.77. The summed E-state index contributed by atoms with van der Waals surface area (Å²) in [4.78, 5) is 12.5. The topological polar surface area (TPSA) is 55.6 Å². The Labute approximate surface area is 88.2 Å². The van der Waals surface area contributed by atoms with Gasteiger partial charge in [-0.05, 0) is 12.6 Å². The molecule has 2 aromatic heterocycles.